The smallest absolute Gasteiger partial charge is 0.254 e. The van der Waals surface area contributed by atoms with Gasteiger partial charge in [-0.15, -0.1) is 0 Å². The van der Waals surface area contributed by atoms with E-state index in [0.29, 0.717) is 37.4 Å². The van der Waals surface area contributed by atoms with Gasteiger partial charge in [0.1, 0.15) is 12.3 Å². The second kappa shape index (κ2) is 10.3. The van der Waals surface area contributed by atoms with Crippen LogP contribution in [-0.4, -0.2) is 66.1 Å². The van der Waals surface area contributed by atoms with E-state index in [4.69, 9.17) is 9.47 Å². The molecule has 0 radical (unpaired) electrons. The summed E-state index contributed by atoms with van der Waals surface area (Å²) < 4.78 is 12.3. The number of amides is 2. The summed E-state index contributed by atoms with van der Waals surface area (Å²) in [5, 5.41) is 0. The SMILES string of the molecule is COCCCN(CC(=O)N(Cc1cccn1C)C1CC1)C(=O)c1ccc(OC)cc1. The van der Waals surface area contributed by atoms with Crippen LogP contribution in [0, 0.1) is 0 Å². The van der Waals surface area contributed by atoms with Crippen molar-refractivity contribution in [3.63, 3.8) is 0 Å². The summed E-state index contributed by atoms with van der Waals surface area (Å²) in [4.78, 5) is 29.9. The van der Waals surface area contributed by atoms with E-state index in [0.717, 1.165) is 18.5 Å². The molecule has 7 nitrogen and oxygen atoms in total. The Labute approximate surface area is 178 Å². The molecule has 2 aromatic rings. The van der Waals surface area contributed by atoms with E-state index in [2.05, 4.69) is 0 Å². The predicted molar refractivity (Wildman–Crippen MR) is 114 cm³/mol. The molecule has 1 aromatic heterocycles. The Hall–Kier alpha value is -2.80. The Morgan fingerprint density at radius 2 is 1.87 bits per heavy atom. The summed E-state index contributed by atoms with van der Waals surface area (Å²) in [7, 11) is 5.20. The van der Waals surface area contributed by atoms with Gasteiger partial charge in [-0.3, -0.25) is 9.59 Å². The lowest BCUT2D eigenvalue weighted by Crippen LogP contribution is -2.44. The maximum atomic E-state index is 13.2. The van der Waals surface area contributed by atoms with Crippen LogP contribution in [0.15, 0.2) is 42.6 Å². The Kier molecular flexibility index (Phi) is 7.52. The summed E-state index contributed by atoms with van der Waals surface area (Å²) in [6, 6.07) is 11.3. The van der Waals surface area contributed by atoms with Crippen LogP contribution >= 0.6 is 0 Å². The number of carbonyl (C=O) groups is 2. The maximum absolute atomic E-state index is 13.2. The van der Waals surface area contributed by atoms with E-state index in [1.807, 2.05) is 34.8 Å². The van der Waals surface area contributed by atoms with Crippen LogP contribution in [0.4, 0.5) is 0 Å². The Bertz CT molecular complexity index is 842. The topological polar surface area (TPSA) is 64.0 Å². The summed E-state index contributed by atoms with van der Waals surface area (Å²) >= 11 is 0. The van der Waals surface area contributed by atoms with Crippen molar-refractivity contribution in [3.05, 3.63) is 53.9 Å². The molecule has 1 aliphatic carbocycles. The fraction of sp³-hybridized carbons (Fsp3) is 0.478. The van der Waals surface area contributed by atoms with Crippen LogP contribution in [0.1, 0.15) is 35.3 Å². The molecule has 1 aliphatic rings. The number of carbonyl (C=O) groups excluding carboxylic acids is 2. The van der Waals surface area contributed by atoms with Crippen molar-refractivity contribution in [3.8, 4) is 5.75 Å². The molecule has 0 saturated heterocycles. The fourth-order valence-electron chi connectivity index (χ4n) is 3.46. The highest BCUT2D eigenvalue weighted by Gasteiger charge is 2.34. The predicted octanol–water partition coefficient (Wildman–Crippen LogP) is 2.70. The number of benzene rings is 1. The van der Waals surface area contributed by atoms with Gasteiger partial charge in [0.05, 0.1) is 13.7 Å². The van der Waals surface area contributed by atoms with Crippen LogP contribution in [0.25, 0.3) is 0 Å². The molecular weight excluding hydrogens is 382 g/mol. The molecule has 3 rings (SSSR count). The van der Waals surface area contributed by atoms with Gasteiger partial charge in [0.25, 0.3) is 5.91 Å². The second-order valence-corrected chi connectivity index (χ2v) is 7.66. The number of nitrogens with zero attached hydrogens (tertiary/aromatic N) is 3. The molecule has 1 heterocycles. The number of ether oxygens (including phenoxy) is 2. The van der Waals surface area contributed by atoms with Gasteiger partial charge < -0.3 is 23.8 Å². The number of rotatable bonds is 11. The van der Waals surface area contributed by atoms with Gasteiger partial charge in [0.2, 0.25) is 5.91 Å². The summed E-state index contributed by atoms with van der Waals surface area (Å²) in [5.74, 6) is 0.519. The molecule has 0 bridgehead atoms. The van der Waals surface area contributed by atoms with Crippen molar-refractivity contribution >= 4 is 11.8 Å². The number of hydrogen-bond donors (Lipinski definition) is 0. The van der Waals surface area contributed by atoms with Crippen LogP contribution in [0.2, 0.25) is 0 Å². The van der Waals surface area contributed by atoms with Crippen molar-refractivity contribution in [2.45, 2.75) is 31.8 Å². The Balaban J connectivity index is 1.72. The molecule has 7 heteroatoms. The molecule has 1 saturated carbocycles. The lowest BCUT2D eigenvalue weighted by atomic mass is 10.2. The van der Waals surface area contributed by atoms with Crippen molar-refractivity contribution in [1.82, 2.24) is 14.4 Å². The third-order valence-corrected chi connectivity index (χ3v) is 5.42. The first-order valence-corrected chi connectivity index (χ1v) is 10.4. The minimum atomic E-state index is -0.156. The van der Waals surface area contributed by atoms with E-state index in [1.165, 1.54) is 0 Å². The zero-order valence-corrected chi connectivity index (χ0v) is 18.0. The van der Waals surface area contributed by atoms with Gasteiger partial charge in [0, 0.05) is 50.8 Å². The minimum Gasteiger partial charge on any atom is -0.497 e. The molecule has 2 amide bonds. The lowest BCUT2D eigenvalue weighted by Gasteiger charge is -2.28. The van der Waals surface area contributed by atoms with Gasteiger partial charge in [-0.1, -0.05) is 0 Å². The average molecular weight is 414 g/mol. The van der Waals surface area contributed by atoms with Crippen LogP contribution in [0.3, 0.4) is 0 Å². The van der Waals surface area contributed by atoms with Crippen molar-refractivity contribution in [2.24, 2.45) is 7.05 Å². The lowest BCUT2D eigenvalue weighted by molar-refractivity contribution is -0.133. The first-order valence-electron chi connectivity index (χ1n) is 10.4. The van der Waals surface area contributed by atoms with E-state index < -0.39 is 0 Å². The minimum absolute atomic E-state index is 0.0158. The highest BCUT2D eigenvalue weighted by atomic mass is 16.5. The fourth-order valence-corrected chi connectivity index (χ4v) is 3.46. The monoisotopic (exact) mass is 413 g/mol. The molecule has 30 heavy (non-hydrogen) atoms. The molecular formula is C23H31N3O4. The molecule has 1 fully saturated rings. The number of methoxy groups -OCH3 is 2. The molecule has 0 unspecified atom stereocenters. The van der Waals surface area contributed by atoms with E-state index >= 15 is 0 Å². The van der Waals surface area contributed by atoms with Gasteiger partial charge in [-0.25, -0.2) is 0 Å². The quantitative estimate of drug-likeness (QED) is 0.532. The number of aryl methyl sites for hydroxylation is 1. The molecule has 0 spiro atoms. The molecule has 1 aromatic carbocycles. The summed E-state index contributed by atoms with van der Waals surface area (Å²) in [6.45, 7) is 1.63. The third kappa shape index (κ3) is 5.63. The third-order valence-electron chi connectivity index (χ3n) is 5.42. The van der Waals surface area contributed by atoms with Crippen molar-refractivity contribution in [2.75, 3.05) is 33.9 Å². The molecule has 162 valence electrons. The van der Waals surface area contributed by atoms with E-state index in [9.17, 15) is 9.59 Å². The molecule has 0 N–H and O–H groups in total. The Morgan fingerprint density at radius 1 is 1.13 bits per heavy atom. The molecule has 0 aliphatic heterocycles. The summed E-state index contributed by atoms with van der Waals surface area (Å²) in [5.41, 5.74) is 1.63. The standard InChI is InChI=1S/C23H31N3O4/c1-24-13-4-6-20(24)16-26(19-9-10-19)22(27)17-25(14-5-15-29-2)23(28)18-7-11-21(30-3)12-8-18/h4,6-8,11-13,19H,5,9-10,14-17H2,1-3H3. The summed E-state index contributed by atoms with van der Waals surface area (Å²) in [6.07, 6.45) is 4.70. The van der Waals surface area contributed by atoms with Crippen LogP contribution in [0.5, 0.6) is 5.75 Å². The normalized spacial score (nSPS) is 13.2. The average Bonchev–Trinajstić information content (AvgIpc) is 3.52. The Morgan fingerprint density at radius 3 is 2.43 bits per heavy atom. The van der Waals surface area contributed by atoms with Crippen molar-refractivity contribution < 1.29 is 19.1 Å². The van der Waals surface area contributed by atoms with Gasteiger partial charge in [-0.2, -0.15) is 0 Å². The zero-order chi connectivity index (χ0) is 21.5. The van der Waals surface area contributed by atoms with Crippen LogP contribution in [-0.2, 0) is 23.1 Å². The highest BCUT2D eigenvalue weighted by Crippen LogP contribution is 2.28. The first-order chi connectivity index (χ1) is 14.5. The van der Waals surface area contributed by atoms with Crippen LogP contribution < -0.4 is 4.74 Å². The van der Waals surface area contributed by atoms with Gasteiger partial charge in [0.15, 0.2) is 0 Å². The first kappa shape index (κ1) is 21.9. The molecule has 0 atom stereocenters. The second-order valence-electron chi connectivity index (χ2n) is 7.66. The maximum Gasteiger partial charge on any atom is 0.254 e. The van der Waals surface area contributed by atoms with E-state index in [1.54, 1.807) is 43.4 Å². The highest BCUT2D eigenvalue weighted by molar-refractivity contribution is 5.96. The van der Waals surface area contributed by atoms with Gasteiger partial charge in [-0.05, 0) is 55.7 Å². The van der Waals surface area contributed by atoms with Gasteiger partial charge >= 0.3 is 0 Å². The van der Waals surface area contributed by atoms with E-state index in [-0.39, 0.29) is 24.4 Å². The van der Waals surface area contributed by atoms with Crippen molar-refractivity contribution in [1.29, 1.82) is 0 Å². The number of aromatic nitrogens is 1. The number of hydrogen-bond acceptors (Lipinski definition) is 4. The zero-order valence-electron chi connectivity index (χ0n) is 18.0. The largest absolute Gasteiger partial charge is 0.497 e.